The number of nitrogens with zero attached hydrogens (tertiary/aromatic N) is 2. The van der Waals surface area contributed by atoms with E-state index in [1.165, 1.54) is 4.31 Å². The monoisotopic (exact) mass is 382 g/mol. The van der Waals surface area contributed by atoms with Crippen LogP contribution < -0.4 is 0 Å². The van der Waals surface area contributed by atoms with Crippen LogP contribution in [0.3, 0.4) is 0 Å². The van der Waals surface area contributed by atoms with E-state index in [2.05, 4.69) is 6.58 Å². The summed E-state index contributed by atoms with van der Waals surface area (Å²) in [6.45, 7) is 10.3. The molecule has 8 heteroatoms. The highest BCUT2D eigenvalue weighted by atomic mass is 32.2. The van der Waals surface area contributed by atoms with E-state index in [0.717, 1.165) is 26.3 Å². The molecule has 7 nitrogen and oxygen atoms in total. The maximum Gasteiger partial charge on any atom is 0.262 e. The van der Waals surface area contributed by atoms with E-state index in [-0.39, 0.29) is 23.5 Å². The van der Waals surface area contributed by atoms with Crippen LogP contribution in [0, 0.1) is 5.41 Å². The van der Waals surface area contributed by atoms with Gasteiger partial charge in [0.15, 0.2) is 0 Å². The molecule has 0 saturated carbocycles. The molecule has 0 aliphatic carbocycles. The van der Waals surface area contributed by atoms with Crippen LogP contribution in [-0.2, 0) is 25.5 Å². The predicted molar refractivity (Wildman–Crippen MR) is 98.0 cm³/mol. The third kappa shape index (κ3) is 3.45. The highest BCUT2D eigenvalue weighted by Gasteiger charge is 2.50. The first kappa shape index (κ1) is 19.1. The fourth-order valence-electron chi connectivity index (χ4n) is 3.77. The van der Waals surface area contributed by atoms with Crippen LogP contribution in [0.2, 0.25) is 0 Å². The molecule has 3 fully saturated rings. The fraction of sp³-hybridized carbons (Fsp3) is 0.611. The molecule has 3 heterocycles. The standard InChI is InChI=1S/C18H26N2O5S/c1-4-6-16-14(5-2)20(26(22)23)13(3)15(25-16)7-8-17(21)19-9-18(10-19)11-24-12-18/h4-6,13,15H,1,7-12H2,2-3H3,(H,22,23)/b14-5+,16-6+/t13-,15?/m1/s1. The molecule has 1 N–H and O–H groups in total. The molecule has 1 amide bonds. The van der Waals surface area contributed by atoms with E-state index in [4.69, 9.17) is 9.47 Å². The Hall–Kier alpha value is -1.64. The van der Waals surface area contributed by atoms with Crippen molar-refractivity contribution in [2.45, 2.75) is 38.8 Å². The van der Waals surface area contributed by atoms with Crippen LogP contribution >= 0.6 is 0 Å². The van der Waals surface area contributed by atoms with Gasteiger partial charge in [-0.25, -0.2) is 4.21 Å². The Balaban J connectivity index is 1.63. The molecule has 2 unspecified atom stereocenters. The Morgan fingerprint density at radius 1 is 1.46 bits per heavy atom. The van der Waals surface area contributed by atoms with Crippen molar-refractivity contribution in [1.29, 1.82) is 0 Å². The number of ether oxygens (including phenoxy) is 2. The summed E-state index contributed by atoms with van der Waals surface area (Å²) >= 11 is -2.17. The first-order chi connectivity index (χ1) is 12.4. The maximum absolute atomic E-state index is 12.4. The lowest BCUT2D eigenvalue weighted by Crippen LogP contribution is -2.67. The third-order valence-electron chi connectivity index (χ3n) is 5.25. The quantitative estimate of drug-likeness (QED) is 0.734. The fourth-order valence-corrected chi connectivity index (χ4v) is 4.55. The SMILES string of the molecule is C=C/C=C1/OC(CCC(=O)N2CC3(COC3)C2)[C@@H](C)N(S(=O)O)/C1=C/C. The molecule has 3 aliphatic heterocycles. The van der Waals surface area contributed by atoms with E-state index >= 15 is 0 Å². The average molecular weight is 382 g/mol. The van der Waals surface area contributed by atoms with Crippen LogP contribution in [0.1, 0.15) is 26.7 Å². The predicted octanol–water partition coefficient (Wildman–Crippen LogP) is 1.83. The number of carbonyl (C=O) groups excluding carboxylic acids is 1. The molecule has 3 aliphatic rings. The van der Waals surface area contributed by atoms with Gasteiger partial charge in [0, 0.05) is 19.5 Å². The number of hydrogen-bond acceptors (Lipinski definition) is 4. The van der Waals surface area contributed by atoms with Crippen molar-refractivity contribution in [3.05, 3.63) is 36.3 Å². The van der Waals surface area contributed by atoms with Crippen molar-refractivity contribution < 1.29 is 23.0 Å². The lowest BCUT2D eigenvalue weighted by atomic mass is 9.78. The summed E-state index contributed by atoms with van der Waals surface area (Å²) in [6.07, 6.45) is 5.47. The number of carbonyl (C=O) groups is 1. The van der Waals surface area contributed by atoms with Gasteiger partial charge in [0.25, 0.3) is 11.3 Å². The molecule has 3 saturated heterocycles. The number of likely N-dealkylation sites (tertiary alicyclic amines) is 1. The molecule has 0 radical (unpaired) electrons. The zero-order valence-corrected chi connectivity index (χ0v) is 16.0. The van der Waals surface area contributed by atoms with E-state index in [9.17, 15) is 13.6 Å². The molecule has 26 heavy (non-hydrogen) atoms. The topological polar surface area (TPSA) is 79.3 Å². The molecule has 1 spiro atoms. The van der Waals surface area contributed by atoms with Gasteiger partial charge in [0.05, 0.1) is 30.4 Å². The Morgan fingerprint density at radius 2 is 2.15 bits per heavy atom. The van der Waals surface area contributed by atoms with Gasteiger partial charge in [-0.15, -0.1) is 0 Å². The van der Waals surface area contributed by atoms with Gasteiger partial charge in [-0.05, 0) is 26.3 Å². The van der Waals surface area contributed by atoms with Crippen LogP contribution in [0.4, 0.5) is 0 Å². The minimum atomic E-state index is -2.17. The van der Waals surface area contributed by atoms with E-state index in [0.29, 0.717) is 24.3 Å². The molecule has 144 valence electrons. The summed E-state index contributed by atoms with van der Waals surface area (Å²) in [4.78, 5) is 14.3. The van der Waals surface area contributed by atoms with Crippen molar-refractivity contribution in [1.82, 2.24) is 9.21 Å². The minimum Gasteiger partial charge on any atom is -0.486 e. The van der Waals surface area contributed by atoms with Crippen LogP contribution in [0.15, 0.2) is 36.3 Å². The van der Waals surface area contributed by atoms with Gasteiger partial charge in [-0.3, -0.25) is 13.7 Å². The second kappa shape index (κ2) is 7.54. The summed E-state index contributed by atoms with van der Waals surface area (Å²) in [5.74, 6) is 0.594. The molecular formula is C18H26N2O5S. The summed E-state index contributed by atoms with van der Waals surface area (Å²) in [7, 11) is 0. The molecule has 3 rings (SSSR count). The lowest BCUT2D eigenvalue weighted by Gasteiger charge is -2.55. The molecule has 3 atom stereocenters. The van der Waals surface area contributed by atoms with Crippen molar-refractivity contribution in [3.8, 4) is 0 Å². The summed E-state index contributed by atoms with van der Waals surface area (Å²) in [5, 5.41) is 0. The highest BCUT2D eigenvalue weighted by Crippen LogP contribution is 2.38. The van der Waals surface area contributed by atoms with Gasteiger partial charge in [0.2, 0.25) is 5.91 Å². The summed E-state index contributed by atoms with van der Waals surface area (Å²) < 4.78 is 34.2. The summed E-state index contributed by atoms with van der Waals surface area (Å²) in [6, 6.07) is -0.329. The largest absolute Gasteiger partial charge is 0.486 e. The van der Waals surface area contributed by atoms with Gasteiger partial charge in [0.1, 0.15) is 11.9 Å². The third-order valence-corrected chi connectivity index (χ3v) is 6.12. The van der Waals surface area contributed by atoms with Crippen LogP contribution in [-0.4, -0.2) is 62.3 Å². The Bertz CT molecular complexity index is 662. The van der Waals surface area contributed by atoms with Gasteiger partial charge >= 0.3 is 0 Å². The molecule has 0 aromatic carbocycles. The Morgan fingerprint density at radius 3 is 2.65 bits per heavy atom. The maximum atomic E-state index is 12.4. The summed E-state index contributed by atoms with van der Waals surface area (Å²) in [5.41, 5.74) is 0.755. The normalized spacial score (nSPS) is 31.3. The van der Waals surface area contributed by atoms with Gasteiger partial charge < -0.3 is 14.4 Å². The number of amides is 1. The van der Waals surface area contributed by atoms with Crippen molar-refractivity contribution in [3.63, 3.8) is 0 Å². The molecule has 0 bridgehead atoms. The van der Waals surface area contributed by atoms with Crippen LogP contribution in [0.5, 0.6) is 0 Å². The molecule has 0 aromatic heterocycles. The van der Waals surface area contributed by atoms with Gasteiger partial charge in [-0.2, -0.15) is 0 Å². The van der Waals surface area contributed by atoms with E-state index in [1.54, 1.807) is 25.2 Å². The minimum absolute atomic E-state index is 0.0982. The lowest BCUT2D eigenvalue weighted by molar-refractivity contribution is -0.195. The zero-order chi connectivity index (χ0) is 18.9. The second-order valence-electron chi connectivity index (χ2n) is 7.18. The zero-order valence-electron chi connectivity index (χ0n) is 15.2. The van der Waals surface area contributed by atoms with E-state index in [1.807, 2.05) is 11.8 Å². The van der Waals surface area contributed by atoms with Gasteiger partial charge in [-0.1, -0.05) is 18.7 Å². The Kier molecular flexibility index (Phi) is 5.55. The number of allylic oxidation sites excluding steroid dienone is 3. The average Bonchev–Trinajstić information content (AvgIpc) is 2.51. The smallest absolute Gasteiger partial charge is 0.262 e. The van der Waals surface area contributed by atoms with Crippen LogP contribution in [0.25, 0.3) is 0 Å². The first-order valence-electron chi connectivity index (χ1n) is 8.82. The molecular weight excluding hydrogens is 356 g/mol. The number of rotatable bonds is 5. The van der Waals surface area contributed by atoms with Crippen molar-refractivity contribution in [2.75, 3.05) is 26.3 Å². The van der Waals surface area contributed by atoms with Crippen molar-refractivity contribution >= 4 is 17.2 Å². The highest BCUT2D eigenvalue weighted by molar-refractivity contribution is 7.76. The molecule has 0 aromatic rings. The number of morpholine rings is 1. The second-order valence-corrected chi connectivity index (χ2v) is 8.03. The Labute approximate surface area is 156 Å². The number of hydrogen-bond donors (Lipinski definition) is 1. The first-order valence-corrected chi connectivity index (χ1v) is 9.89. The van der Waals surface area contributed by atoms with E-state index < -0.39 is 11.3 Å². The van der Waals surface area contributed by atoms with Crippen molar-refractivity contribution in [2.24, 2.45) is 5.41 Å².